The van der Waals surface area contributed by atoms with Crippen molar-refractivity contribution in [3.05, 3.63) is 55.5 Å². The van der Waals surface area contributed by atoms with Gasteiger partial charge in [-0.1, -0.05) is 15.9 Å². The zero-order valence-electron chi connectivity index (χ0n) is 10.2. The topological polar surface area (TPSA) is 37.3 Å². The Bertz CT molecular complexity index is 814. The molecule has 3 rings (SSSR count). The van der Waals surface area contributed by atoms with Crippen molar-refractivity contribution in [1.29, 1.82) is 0 Å². The van der Waals surface area contributed by atoms with Gasteiger partial charge in [-0.25, -0.2) is 4.79 Å². The van der Waals surface area contributed by atoms with Gasteiger partial charge in [0.05, 0.1) is 0 Å². The van der Waals surface area contributed by atoms with Crippen molar-refractivity contribution < 1.29 is 9.90 Å². The normalized spacial score (nSPS) is 11.4. The summed E-state index contributed by atoms with van der Waals surface area (Å²) in [6.07, 6.45) is 3.98. The van der Waals surface area contributed by atoms with E-state index in [1.807, 2.05) is 24.3 Å². The molecular weight excluding hydrogens is 356 g/mol. The van der Waals surface area contributed by atoms with Gasteiger partial charge in [-0.3, -0.25) is 0 Å². The monoisotopic (exact) mass is 364 g/mol. The van der Waals surface area contributed by atoms with Crippen molar-refractivity contribution in [3.8, 4) is 0 Å². The van der Waals surface area contributed by atoms with Gasteiger partial charge in [-0.15, -0.1) is 22.7 Å². The number of halogens is 1. The fraction of sp³-hybridized carbons (Fsp3) is 0. The summed E-state index contributed by atoms with van der Waals surface area (Å²) in [7, 11) is 0. The van der Waals surface area contributed by atoms with Gasteiger partial charge in [0.2, 0.25) is 0 Å². The Morgan fingerprint density at radius 1 is 1.05 bits per heavy atom. The number of hydrogen-bond acceptors (Lipinski definition) is 3. The van der Waals surface area contributed by atoms with E-state index in [2.05, 4.69) is 34.1 Å². The number of hydrogen-bond donors (Lipinski definition) is 1. The summed E-state index contributed by atoms with van der Waals surface area (Å²) in [4.78, 5) is 13.3. The van der Waals surface area contributed by atoms with Crippen LogP contribution in [0.25, 0.3) is 22.2 Å². The first kappa shape index (κ1) is 13.5. The third-order valence-corrected chi connectivity index (χ3v) is 5.36. The Morgan fingerprint density at radius 3 is 2.60 bits per heavy atom. The molecule has 3 aromatic rings. The largest absolute Gasteiger partial charge is 0.477 e. The molecule has 100 valence electrons. The quantitative estimate of drug-likeness (QED) is 0.657. The van der Waals surface area contributed by atoms with E-state index in [1.165, 1.54) is 21.4 Å². The van der Waals surface area contributed by atoms with E-state index in [-0.39, 0.29) is 0 Å². The highest BCUT2D eigenvalue weighted by Crippen LogP contribution is 2.30. The highest BCUT2D eigenvalue weighted by Gasteiger charge is 2.05. The van der Waals surface area contributed by atoms with Crippen molar-refractivity contribution in [2.75, 3.05) is 0 Å². The molecule has 0 aliphatic rings. The zero-order chi connectivity index (χ0) is 14.1. The second kappa shape index (κ2) is 5.52. The van der Waals surface area contributed by atoms with E-state index in [0.29, 0.717) is 4.88 Å². The van der Waals surface area contributed by atoms with E-state index in [0.717, 1.165) is 14.2 Å². The van der Waals surface area contributed by atoms with Crippen molar-refractivity contribution in [1.82, 2.24) is 0 Å². The van der Waals surface area contributed by atoms with Crippen molar-refractivity contribution >= 4 is 66.8 Å². The van der Waals surface area contributed by atoms with Crippen LogP contribution in [-0.4, -0.2) is 11.1 Å². The van der Waals surface area contributed by atoms with E-state index in [4.69, 9.17) is 5.11 Å². The van der Waals surface area contributed by atoms with E-state index >= 15 is 0 Å². The molecule has 2 aromatic heterocycles. The Hall–Kier alpha value is -1.43. The summed E-state index contributed by atoms with van der Waals surface area (Å²) in [6.45, 7) is 0. The van der Waals surface area contributed by atoms with Crippen LogP contribution in [0.1, 0.15) is 19.4 Å². The summed E-state index contributed by atoms with van der Waals surface area (Å²) in [5, 5.41) is 10.1. The number of carboxylic acids is 1. The van der Waals surface area contributed by atoms with Gasteiger partial charge in [0.15, 0.2) is 0 Å². The highest BCUT2D eigenvalue weighted by atomic mass is 79.9. The highest BCUT2D eigenvalue weighted by molar-refractivity contribution is 9.10. The minimum Gasteiger partial charge on any atom is -0.477 e. The Labute approximate surface area is 132 Å². The van der Waals surface area contributed by atoms with Crippen LogP contribution < -0.4 is 0 Å². The molecule has 0 atom stereocenters. The van der Waals surface area contributed by atoms with Gasteiger partial charge in [-0.05, 0) is 53.9 Å². The maximum Gasteiger partial charge on any atom is 0.345 e. The maximum absolute atomic E-state index is 10.8. The molecule has 0 unspecified atom stereocenters. The number of thiophene rings is 2. The molecule has 0 radical (unpaired) electrons. The Morgan fingerprint density at radius 2 is 1.85 bits per heavy atom. The van der Waals surface area contributed by atoms with Crippen LogP contribution in [0.3, 0.4) is 0 Å². The second-order valence-corrected chi connectivity index (χ2v) is 7.32. The average molecular weight is 365 g/mol. The lowest BCUT2D eigenvalue weighted by molar-refractivity contribution is 0.0702. The van der Waals surface area contributed by atoms with Crippen molar-refractivity contribution in [2.45, 2.75) is 0 Å². The summed E-state index contributed by atoms with van der Waals surface area (Å²) < 4.78 is 2.31. The molecule has 0 bridgehead atoms. The molecule has 1 aromatic carbocycles. The zero-order valence-corrected chi connectivity index (χ0v) is 13.4. The Kier molecular flexibility index (Phi) is 3.74. The molecule has 2 nitrogen and oxygen atoms in total. The standard InChI is InChI=1S/C15H9BrO2S2/c16-10-1-5-13-9(7-10)8-12(20-13)3-2-11-4-6-14(19-11)15(17)18/h1-8H,(H,17,18). The van der Waals surface area contributed by atoms with Crippen LogP contribution in [-0.2, 0) is 0 Å². The first-order chi connectivity index (χ1) is 9.61. The smallest absolute Gasteiger partial charge is 0.345 e. The minimum atomic E-state index is -0.874. The number of carbonyl (C=O) groups is 1. The predicted octanol–water partition coefficient (Wildman–Crippen LogP) is 5.59. The molecule has 0 aliphatic carbocycles. The molecular formula is C15H9BrO2S2. The molecule has 20 heavy (non-hydrogen) atoms. The number of rotatable bonds is 3. The molecule has 0 spiro atoms. The number of benzene rings is 1. The molecule has 0 fully saturated rings. The van der Waals surface area contributed by atoms with Gasteiger partial charge < -0.3 is 5.11 Å². The molecule has 0 saturated carbocycles. The van der Waals surface area contributed by atoms with Crippen LogP contribution in [0.4, 0.5) is 0 Å². The minimum absolute atomic E-state index is 0.366. The second-order valence-electron chi connectivity index (χ2n) is 4.17. The van der Waals surface area contributed by atoms with Crippen LogP contribution >= 0.6 is 38.6 Å². The first-order valence-electron chi connectivity index (χ1n) is 5.82. The molecule has 2 heterocycles. The summed E-state index contributed by atoms with van der Waals surface area (Å²) >= 11 is 6.47. The van der Waals surface area contributed by atoms with E-state index in [9.17, 15) is 4.79 Å². The SMILES string of the molecule is O=C(O)c1ccc(C=Cc2cc3cc(Br)ccc3s2)s1. The number of carboxylic acid groups (broad SMARTS) is 1. The fourth-order valence-corrected chi connectivity index (χ4v) is 3.91. The Balaban J connectivity index is 1.87. The third-order valence-electron chi connectivity index (χ3n) is 2.75. The number of aromatic carboxylic acids is 1. The fourth-order valence-electron chi connectivity index (χ4n) is 1.84. The average Bonchev–Trinajstić information content (AvgIpc) is 3.01. The van der Waals surface area contributed by atoms with Crippen LogP contribution in [0.15, 0.2) is 40.9 Å². The van der Waals surface area contributed by atoms with Gasteiger partial charge in [0.1, 0.15) is 4.88 Å². The van der Waals surface area contributed by atoms with Crippen molar-refractivity contribution in [2.24, 2.45) is 0 Å². The summed E-state index contributed by atoms with van der Waals surface area (Å²) in [5.74, 6) is -0.874. The van der Waals surface area contributed by atoms with Crippen LogP contribution in [0, 0.1) is 0 Å². The summed E-state index contributed by atoms with van der Waals surface area (Å²) in [5.41, 5.74) is 0. The lowest BCUT2D eigenvalue weighted by Gasteiger charge is -1.88. The lowest BCUT2D eigenvalue weighted by Crippen LogP contribution is -1.89. The molecule has 1 N–H and O–H groups in total. The lowest BCUT2D eigenvalue weighted by atomic mass is 10.2. The van der Waals surface area contributed by atoms with Gasteiger partial charge in [-0.2, -0.15) is 0 Å². The van der Waals surface area contributed by atoms with Crippen molar-refractivity contribution in [3.63, 3.8) is 0 Å². The van der Waals surface area contributed by atoms with Gasteiger partial charge >= 0.3 is 5.97 Å². The molecule has 0 saturated heterocycles. The molecule has 0 amide bonds. The molecule has 0 aliphatic heterocycles. The third kappa shape index (κ3) is 2.85. The summed E-state index contributed by atoms with van der Waals surface area (Å²) in [6, 6.07) is 11.8. The predicted molar refractivity (Wildman–Crippen MR) is 89.7 cm³/mol. The first-order valence-corrected chi connectivity index (χ1v) is 8.25. The van der Waals surface area contributed by atoms with Gasteiger partial charge in [0, 0.05) is 18.9 Å². The van der Waals surface area contributed by atoms with E-state index < -0.39 is 5.97 Å². The van der Waals surface area contributed by atoms with Crippen LogP contribution in [0.2, 0.25) is 0 Å². The van der Waals surface area contributed by atoms with Gasteiger partial charge in [0.25, 0.3) is 0 Å². The maximum atomic E-state index is 10.8. The van der Waals surface area contributed by atoms with Crippen LogP contribution in [0.5, 0.6) is 0 Å². The number of fused-ring (bicyclic) bond motifs is 1. The van der Waals surface area contributed by atoms with E-state index in [1.54, 1.807) is 17.4 Å². The molecule has 5 heteroatoms.